The number of hydrogen-bond acceptors (Lipinski definition) is 6. The van der Waals surface area contributed by atoms with E-state index in [1.807, 2.05) is 6.92 Å². The predicted molar refractivity (Wildman–Crippen MR) is 115 cm³/mol. The van der Waals surface area contributed by atoms with Crippen LogP contribution in [-0.4, -0.2) is 32.3 Å². The van der Waals surface area contributed by atoms with E-state index in [1.165, 1.54) is 31.4 Å². The highest BCUT2D eigenvalue weighted by molar-refractivity contribution is 7.91. The molecule has 0 aliphatic rings. The number of anilines is 1. The lowest BCUT2D eigenvalue weighted by molar-refractivity contribution is -0.115. The number of methoxy groups -OCH3 is 1. The average Bonchev–Trinajstić information content (AvgIpc) is 3.07. The number of carbonyl (C=O) groups is 1. The lowest BCUT2D eigenvalue weighted by Gasteiger charge is -2.11. The molecule has 2 aromatic carbocycles. The number of halogens is 2. The van der Waals surface area contributed by atoms with Gasteiger partial charge in [-0.3, -0.25) is 4.79 Å². The summed E-state index contributed by atoms with van der Waals surface area (Å²) in [5.41, 5.74) is 2.30. The summed E-state index contributed by atoms with van der Waals surface area (Å²) in [7, 11) is -2.51. The van der Waals surface area contributed by atoms with Crippen LogP contribution in [0.25, 0.3) is 11.3 Å². The molecule has 0 radical (unpaired) electrons. The monoisotopic (exact) mass is 466 g/mol. The maximum atomic E-state index is 13.2. The van der Waals surface area contributed by atoms with E-state index in [0.29, 0.717) is 17.0 Å². The highest BCUT2D eigenvalue weighted by Gasteiger charge is 2.23. The van der Waals surface area contributed by atoms with E-state index in [2.05, 4.69) is 10.5 Å². The van der Waals surface area contributed by atoms with Gasteiger partial charge in [0.05, 0.1) is 23.6 Å². The largest absolute Gasteiger partial charge is 0.495 e. The first-order chi connectivity index (χ1) is 14.6. The number of rotatable bonds is 7. The quantitative estimate of drug-likeness (QED) is 0.548. The molecule has 0 fully saturated rings. The minimum Gasteiger partial charge on any atom is -0.495 e. The second-order valence-electron chi connectivity index (χ2n) is 6.83. The molecule has 0 aliphatic heterocycles. The van der Waals surface area contributed by atoms with Gasteiger partial charge in [0.25, 0.3) is 0 Å². The highest BCUT2D eigenvalue weighted by atomic mass is 35.5. The molecule has 1 heterocycles. The van der Waals surface area contributed by atoms with E-state index in [1.54, 1.807) is 13.0 Å². The summed E-state index contributed by atoms with van der Waals surface area (Å²) in [5.74, 6) is -1.01. The van der Waals surface area contributed by atoms with Gasteiger partial charge in [0, 0.05) is 23.2 Å². The van der Waals surface area contributed by atoms with Crippen molar-refractivity contribution in [1.82, 2.24) is 5.16 Å². The number of aryl methyl sites for hydroxylation is 1. The molecule has 0 atom stereocenters. The molecule has 31 heavy (non-hydrogen) atoms. The molecule has 0 spiro atoms. The van der Waals surface area contributed by atoms with Crippen LogP contribution in [0, 0.1) is 19.7 Å². The number of carbonyl (C=O) groups excluding carboxylic acids is 1. The molecular formula is C21H20ClFN2O5S. The summed E-state index contributed by atoms with van der Waals surface area (Å²) in [6.45, 7) is 3.61. The van der Waals surface area contributed by atoms with Crippen molar-refractivity contribution in [2.75, 3.05) is 18.2 Å². The van der Waals surface area contributed by atoms with Crippen molar-refractivity contribution in [2.45, 2.75) is 25.2 Å². The molecule has 0 unspecified atom stereocenters. The summed E-state index contributed by atoms with van der Waals surface area (Å²) < 4.78 is 49.7. The topological polar surface area (TPSA) is 98.5 Å². The van der Waals surface area contributed by atoms with E-state index >= 15 is 0 Å². The lowest BCUT2D eigenvalue weighted by Crippen LogP contribution is -2.18. The first-order valence-electron chi connectivity index (χ1n) is 9.21. The highest BCUT2D eigenvalue weighted by Crippen LogP contribution is 2.33. The molecule has 0 bridgehead atoms. The zero-order valence-corrected chi connectivity index (χ0v) is 18.6. The van der Waals surface area contributed by atoms with Crippen molar-refractivity contribution in [3.63, 3.8) is 0 Å². The zero-order chi connectivity index (χ0) is 22.8. The molecule has 0 saturated carbocycles. The minimum absolute atomic E-state index is 0.0569. The Kier molecular flexibility index (Phi) is 6.66. The first kappa shape index (κ1) is 22.8. The number of nitrogens with zero attached hydrogens (tertiary/aromatic N) is 1. The van der Waals surface area contributed by atoms with Gasteiger partial charge in [-0.2, -0.15) is 0 Å². The second kappa shape index (κ2) is 9.07. The second-order valence-corrected chi connectivity index (χ2v) is 9.32. The molecule has 164 valence electrons. The van der Waals surface area contributed by atoms with Crippen LogP contribution in [0.2, 0.25) is 5.02 Å². The van der Waals surface area contributed by atoms with E-state index in [-0.39, 0.29) is 27.8 Å². The number of sulfone groups is 1. The van der Waals surface area contributed by atoms with E-state index in [9.17, 15) is 17.6 Å². The van der Waals surface area contributed by atoms with Gasteiger partial charge in [0.1, 0.15) is 16.5 Å². The fourth-order valence-electron chi connectivity index (χ4n) is 2.88. The van der Waals surface area contributed by atoms with Gasteiger partial charge in [-0.15, -0.1) is 0 Å². The average molecular weight is 467 g/mol. The van der Waals surface area contributed by atoms with Crippen LogP contribution in [0.5, 0.6) is 5.75 Å². The number of aromatic nitrogens is 1. The third-order valence-corrected chi connectivity index (χ3v) is 6.74. The van der Waals surface area contributed by atoms with Crippen molar-refractivity contribution in [1.29, 1.82) is 0 Å². The van der Waals surface area contributed by atoms with Crippen LogP contribution in [0.1, 0.15) is 17.7 Å². The maximum Gasteiger partial charge on any atom is 0.225 e. The molecule has 3 aromatic rings. The van der Waals surface area contributed by atoms with Gasteiger partial charge in [-0.25, -0.2) is 12.8 Å². The van der Waals surface area contributed by atoms with E-state index < -0.39 is 27.3 Å². The molecular weight excluding hydrogens is 447 g/mol. The van der Waals surface area contributed by atoms with E-state index in [0.717, 1.165) is 11.6 Å². The van der Waals surface area contributed by atoms with Crippen molar-refractivity contribution in [3.05, 3.63) is 58.5 Å². The summed E-state index contributed by atoms with van der Waals surface area (Å²) in [4.78, 5) is 12.2. The van der Waals surface area contributed by atoms with Gasteiger partial charge in [-0.05, 0) is 50.2 Å². The summed E-state index contributed by atoms with van der Waals surface area (Å²) in [6.07, 6.45) is -0.314. The Morgan fingerprint density at radius 3 is 2.58 bits per heavy atom. The van der Waals surface area contributed by atoms with Crippen molar-refractivity contribution in [2.24, 2.45) is 0 Å². The predicted octanol–water partition coefficient (Wildman–Crippen LogP) is 4.56. The van der Waals surface area contributed by atoms with Crippen LogP contribution in [-0.2, 0) is 14.6 Å². The van der Waals surface area contributed by atoms with E-state index in [4.69, 9.17) is 20.9 Å². The number of ether oxygens (including phenoxy) is 1. The third-order valence-electron chi connectivity index (χ3n) is 4.72. The van der Waals surface area contributed by atoms with Gasteiger partial charge in [-0.1, -0.05) is 16.8 Å². The molecule has 1 aromatic heterocycles. The molecule has 0 saturated heterocycles. The Hall–Kier alpha value is -2.91. The Bertz CT molecular complexity index is 1240. The normalized spacial score (nSPS) is 11.4. The standard InChI is InChI=1S/C21H20ClFN2O5S/c1-12-13(2)25-30-21(12)14-4-7-18(29-3)19(10-14)31(27,28)9-8-20(26)24-15-5-6-17(23)16(22)11-15/h4-7,10-11H,8-9H2,1-3H3,(H,24,26). The number of nitrogens with one attached hydrogen (secondary N) is 1. The Balaban J connectivity index is 1.80. The Labute approximate surface area is 184 Å². The Morgan fingerprint density at radius 1 is 1.23 bits per heavy atom. The van der Waals surface area contributed by atoms with Crippen molar-refractivity contribution < 1.29 is 26.9 Å². The summed E-state index contributed by atoms with van der Waals surface area (Å²) >= 11 is 5.69. The molecule has 0 aliphatic carbocycles. The minimum atomic E-state index is -3.88. The molecule has 1 N–H and O–H groups in total. The number of hydrogen-bond donors (Lipinski definition) is 1. The van der Waals surface area contributed by atoms with Crippen LogP contribution >= 0.6 is 11.6 Å². The fourth-order valence-corrected chi connectivity index (χ4v) is 4.50. The van der Waals surface area contributed by atoms with Gasteiger partial charge < -0.3 is 14.6 Å². The fraction of sp³-hybridized carbons (Fsp3) is 0.238. The van der Waals surface area contributed by atoms with Gasteiger partial charge in [0.15, 0.2) is 15.6 Å². The maximum absolute atomic E-state index is 13.2. The summed E-state index contributed by atoms with van der Waals surface area (Å²) in [6, 6.07) is 8.34. The van der Waals surface area contributed by atoms with Crippen LogP contribution in [0.3, 0.4) is 0 Å². The number of amides is 1. The van der Waals surface area contributed by atoms with Gasteiger partial charge >= 0.3 is 0 Å². The van der Waals surface area contributed by atoms with Crippen LogP contribution in [0.15, 0.2) is 45.8 Å². The van der Waals surface area contributed by atoms with Crippen molar-refractivity contribution in [3.8, 4) is 17.1 Å². The SMILES string of the molecule is COc1ccc(-c2onc(C)c2C)cc1S(=O)(=O)CCC(=O)Nc1ccc(F)c(Cl)c1. The third kappa shape index (κ3) is 5.05. The first-order valence-corrected chi connectivity index (χ1v) is 11.2. The van der Waals surface area contributed by atoms with Crippen molar-refractivity contribution >= 4 is 33.0 Å². The Morgan fingerprint density at radius 2 is 1.97 bits per heavy atom. The summed E-state index contributed by atoms with van der Waals surface area (Å²) in [5, 5.41) is 6.25. The molecule has 3 rings (SSSR count). The number of benzene rings is 2. The molecule has 7 nitrogen and oxygen atoms in total. The molecule has 1 amide bonds. The smallest absolute Gasteiger partial charge is 0.225 e. The zero-order valence-electron chi connectivity index (χ0n) is 17.0. The van der Waals surface area contributed by atoms with Crippen LogP contribution in [0.4, 0.5) is 10.1 Å². The van der Waals surface area contributed by atoms with Gasteiger partial charge in [0.2, 0.25) is 5.91 Å². The molecule has 10 heteroatoms. The van der Waals surface area contributed by atoms with Crippen LogP contribution < -0.4 is 10.1 Å². The lowest BCUT2D eigenvalue weighted by atomic mass is 10.1.